The summed E-state index contributed by atoms with van der Waals surface area (Å²) in [5.74, 6) is 0.0205. The van der Waals surface area contributed by atoms with E-state index in [-0.39, 0.29) is 11.4 Å². The largest absolute Gasteiger partial charge is 0.437 e. The number of benzene rings is 2. The first-order valence-corrected chi connectivity index (χ1v) is 7.39. The van der Waals surface area contributed by atoms with Gasteiger partial charge >= 0.3 is 0 Å². The van der Waals surface area contributed by atoms with Gasteiger partial charge in [-0.2, -0.15) is 0 Å². The zero-order valence-electron chi connectivity index (χ0n) is 13.0. The van der Waals surface area contributed by atoms with E-state index in [9.17, 15) is 9.18 Å². The second kappa shape index (κ2) is 6.91. The molecule has 0 atom stereocenters. The molecule has 3 aromatic rings. The maximum Gasteiger partial charge on any atom is 0.255 e. The quantitative estimate of drug-likeness (QED) is 0.765. The molecule has 0 spiro atoms. The van der Waals surface area contributed by atoms with E-state index in [4.69, 9.17) is 4.74 Å². The molecular weight excluding hydrogens is 307 g/mol. The van der Waals surface area contributed by atoms with Crippen molar-refractivity contribution in [3.05, 3.63) is 83.8 Å². The van der Waals surface area contributed by atoms with Crippen LogP contribution in [-0.4, -0.2) is 10.9 Å². The van der Waals surface area contributed by atoms with Crippen LogP contribution in [-0.2, 0) is 0 Å². The smallest absolute Gasteiger partial charge is 0.255 e. The number of carbonyl (C=O) groups is 1. The number of nitrogens with zero attached hydrogens (tertiary/aromatic N) is 1. The van der Waals surface area contributed by atoms with Crippen LogP contribution in [0.5, 0.6) is 11.6 Å². The minimum Gasteiger partial charge on any atom is -0.437 e. The summed E-state index contributed by atoms with van der Waals surface area (Å²) < 4.78 is 19.3. The summed E-state index contributed by atoms with van der Waals surface area (Å²) in [6.07, 6.45) is 1.57. The van der Waals surface area contributed by atoms with Gasteiger partial charge in [0.2, 0.25) is 5.88 Å². The van der Waals surface area contributed by atoms with Crippen molar-refractivity contribution in [2.24, 2.45) is 0 Å². The molecule has 4 nitrogen and oxygen atoms in total. The fourth-order valence-corrected chi connectivity index (χ4v) is 2.10. The molecule has 0 unspecified atom stereocenters. The molecule has 0 radical (unpaired) electrons. The molecule has 0 aliphatic heterocycles. The van der Waals surface area contributed by atoms with Crippen molar-refractivity contribution in [1.29, 1.82) is 0 Å². The minimum atomic E-state index is -0.431. The summed E-state index contributed by atoms with van der Waals surface area (Å²) in [7, 11) is 0. The SMILES string of the molecule is Cc1ccc(C(=O)Nc2cccnc2Oc2ccccc2)cc1F. The lowest BCUT2D eigenvalue weighted by molar-refractivity contribution is 0.102. The van der Waals surface area contributed by atoms with E-state index in [2.05, 4.69) is 10.3 Å². The topological polar surface area (TPSA) is 51.2 Å². The molecule has 5 heteroatoms. The van der Waals surface area contributed by atoms with Crippen LogP contribution in [0, 0.1) is 12.7 Å². The third-order valence-corrected chi connectivity index (χ3v) is 3.41. The predicted octanol–water partition coefficient (Wildman–Crippen LogP) is 4.57. The van der Waals surface area contributed by atoms with Crippen molar-refractivity contribution in [2.45, 2.75) is 6.92 Å². The van der Waals surface area contributed by atoms with Gasteiger partial charge < -0.3 is 10.1 Å². The lowest BCUT2D eigenvalue weighted by Gasteiger charge is -2.11. The molecule has 1 amide bonds. The molecule has 3 rings (SSSR count). The average molecular weight is 322 g/mol. The van der Waals surface area contributed by atoms with Gasteiger partial charge in [-0.15, -0.1) is 0 Å². The van der Waals surface area contributed by atoms with Crippen LogP contribution in [0.15, 0.2) is 66.9 Å². The Balaban J connectivity index is 1.82. The monoisotopic (exact) mass is 322 g/mol. The highest BCUT2D eigenvalue weighted by Crippen LogP contribution is 2.27. The number of anilines is 1. The highest BCUT2D eigenvalue weighted by molar-refractivity contribution is 6.04. The first kappa shape index (κ1) is 15.7. The Kier molecular flexibility index (Phi) is 4.52. The fraction of sp³-hybridized carbons (Fsp3) is 0.0526. The van der Waals surface area contributed by atoms with Gasteiger partial charge in [0.05, 0.1) is 0 Å². The normalized spacial score (nSPS) is 10.2. The highest BCUT2D eigenvalue weighted by atomic mass is 19.1. The van der Waals surface area contributed by atoms with Gasteiger partial charge in [0.25, 0.3) is 5.91 Å². The molecule has 120 valence electrons. The van der Waals surface area contributed by atoms with Gasteiger partial charge in [-0.1, -0.05) is 24.3 Å². The van der Waals surface area contributed by atoms with Gasteiger partial charge in [-0.25, -0.2) is 9.37 Å². The van der Waals surface area contributed by atoms with Gasteiger partial charge in [-0.3, -0.25) is 4.79 Å². The summed E-state index contributed by atoms with van der Waals surface area (Å²) in [5, 5.41) is 2.70. The van der Waals surface area contributed by atoms with Crippen LogP contribution in [0.1, 0.15) is 15.9 Å². The van der Waals surface area contributed by atoms with Crippen LogP contribution in [0.25, 0.3) is 0 Å². The third kappa shape index (κ3) is 3.57. The number of ether oxygens (including phenoxy) is 1. The summed E-state index contributed by atoms with van der Waals surface area (Å²) in [6, 6.07) is 16.8. The van der Waals surface area contributed by atoms with Crippen LogP contribution in [0.3, 0.4) is 0 Å². The summed E-state index contributed by atoms with van der Waals surface area (Å²) in [4.78, 5) is 16.5. The number of amides is 1. The number of nitrogens with one attached hydrogen (secondary N) is 1. The van der Waals surface area contributed by atoms with Gasteiger partial charge in [0.1, 0.15) is 17.3 Å². The number of hydrogen-bond donors (Lipinski definition) is 1. The van der Waals surface area contributed by atoms with E-state index in [1.54, 1.807) is 49.5 Å². The second-order valence-electron chi connectivity index (χ2n) is 5.19. The van der Waals surface area contributed by atoms with Crippen LogP contribution >= 0.6 is 0 Å². The number of halogens is 1. The lowest BCUT2D eigenvalue weighted by atomic mass is 10.1. The van der Waals surface area contributed by atoms with Gasteiger partial charge in [-0.05, 0) is 48.9 Å². The molecular formula is C19H15FN2O2. The maximum atomic E-state index is 13.6. The fourth-order valence-electron chi connectivity index (χ4n) is 2.10. The number of hydrogen-bond acceptors (Lipinski definition) is 3. The third-order valence-electron chi connectivity index (χ3n) is 3.41. The maximum absolute atomic E-state index is 13.6. The van der Waals surface area contributed by atoms with E-state index < -0.39 is 11.7 Å². The standard InChI is InChI=1S/C19H15FN2O2/c1-13-9-10-14(12-16(13)20)18(23)22-17-8-5-11-21-19(17)24-15-6-3-2-4-7-15/h2-12H,1H3,(H,22,23). The molecule has 0 aliphatic rings. The first-order valence-electron chi connectivity index (χ1n) is 7.39. The number of aryl methyl sites for hydroxylation is 1. The van der Waals surface area contributed by atoms with E-state index in [0.29, 0.717) is 17.0 Å². The van der Waals surface area contributed by atoms with Crippen LogP contribution in [0.4, 0.5) is 10.1 Å². The molecule has 24 heavy (non-hydrogen) atoms. The van der Waals surface area contributed by atoms with E-state index in [0.717, 1.165) is 0 Å². The average Bonchev–Trinajstić information content (AvgIpc) is 2.60. The second-order valence-corrected chi connectivity index (χ2v) is 5.19. The van der Waals surface area contributed by atoms with Crippen molar-refractivity contribution in [3.63, 3.8) is 0 Å². The number of carbonyl (C=O) groups excluding carboxylic acids is 1. The van der Waals surface area contributed by atoms with Crippen molar-refractivity contribution in [2.75, 3.05) is 5.32 Å². The van der Waals surface area contributed by atoms with Crippen molar-refractivity contribution >= 4 is 11.6 Å². The Morgan fingerprint density at radius 1 is 1.08 bits per heavy atom. The summed E-state index contributed by atoms with van der Waals surface area (Å²) in [5.41, 5.74) is 1.13. The molecule has 0 saturated heterocycles. The number of para-hydroxylation sites is 1. The van der Waals surface area contributed by atoms with Gasteiger partial charge in [0, 0.05) is 11.8 Å². The Labute approximate surface area is 138 Å². The number of rotatable bonds is 4. The summed E-state index contributed by atoms with van der Waals surface area (Å²) in [6.45, 7) is 1.64. The van der Waals surface area contributed by atoms with E-state index >= 15 is 0 Å². The van der Waals surface area contributed by atoms with Crippen molar-refractivity contribution in [3.8, 4) is 11.6 Å². The zero-order valence-corrected chi connectivity index (χ0v) is 13.0. The molecule has 0 saturated carbocycles. The Bertz CT molecular complexity index is 866. The Morgan fingerprint density at radius 3 is 2.62 bits per heavy atom. The molecule has 1 N–H and O–H groups in total. The van der Waals surface area contributed by atoms with Crippen molar-refractivity contribution < 1.29 is 13.9 Å². The first-order chi connectivity index (χ1) is 11.6. The van der Waals surface area contributed by atoms with E-state index in [1.165, 1.54) is 6.07 Å². The number of pyridine rings is 1. The molecule has 1 aromatic heterocycles. The van der Waals surface area contributed by atoms with Crippen LogP contribution < -0.4 is 10.1 Å². The Hall–Kier alpha value is -3.21. The van der Waals surface area contributed by atoms with E-state index in [1.807, 2.05) is 18.2 Å². The zero-order chi connectivity index (χ0) is 16.9. The minimum absolute atomic E-state index is 0.229. The Morgan fingerprint density at radius 2 is 1.88 bits per heavy atom. The molecule has 0 aliphatic carbocycles. The predicted molar refractivity (Wildman–Crippen MR) is 89.8 cm³/mol. The lowest BCUT2D eigenvalue weighted by Crippen LogP contribution is -2.13. The molecule has 1 heterocycles. The van der Waals surface area contributed by atoms with Crippen molar-refractivity contribution in [1.82, 2.24) is 4.98 Å². The number of aromatic nitrogens is 1. The molecule has 2 aromatic carbocycles. The molecule has 0 fully saturated rings. The van der Waals surface area contributed by atoms with Gasteiger partial charge in [0.15, 0.2) is 0 Å². The highest BCUT2D eigenvalue weighted by Gasteiger charge is 2.12. The molecule has 0 bridgehead atoms. The summed E-state index contributed by atoms with van der Waals surface area (Å²) >= 11 is 0. The van der Waals surface area contributed by atoms with Crippen LogP contribution in [0.2, 0.25) is 0 Å².